The van der Waals surface area contributed by atoms with Gasteiger partial charge in [-0.3, -0.25) is 4.79 Å². The van der Waals surface area contributed by atoms with E-state index in [0.717, 1.165) is 16.4 Å². The Balaban J connectivity index is 2.00. The van der Waals surface area contributed by atoms with E-state index in [4.69, 9.17) is 4.74 Å². The fourth-order valence-corrected chi connectivity index (χ4v) is 2.39. The van der Waals surface area contributed by atoms with Crippen LogP contribution in [0.4, 0.5) is 0 Å². The minimum absolute atomic E-state index is 0.138. The number of carbonyl (C=O) groups excluding carboxylic acids is 1. The number of aromatic hydroxyl groups is 1. The van der Waals surface area contributed by atoms with Gasteiger partial charge in [0.2, 0.25) is 0 Å². The summed E-state index contributed by atoms with van der Waals surface area (Å²) in [4.78, 5) is 12.0. The van der Waals surface area contributed by atoms with Gasteiger partial charge >= 0.3 is 0 Å². The van der Waals surface area contributed by atoms with Crippen LogP contribution >= 0.6 is 22.6 Å². The van der Waals surface area contributed by atoms with Crippen molar-refractivity contribution in [3.63, 3.8) is 0 Å². The summed E-state index contributed by atoms with van der Waals surface area (Å²) in [5.41, 5.74) is 0.493. The van der Waals surface area contributed by atoms with Crippen LogP contribution in [0.25, 0.3) is 0 Å². The van der Waals surface area contributed by atoms with Gasteiger partial charge in [0, 0.05) is 18.2 Å². The van der Waals surface area contributed by atoms with Crippen molar-refractivity contribution in [2.45, 2.75) is 31.9 Å². The maximum absolute atomic E-state index is 12.0. The number of hydrogen-bond donors (Lipinski definition) is 2. The van der Waals surface area contributed by atoms with Gasteiger partial charge in [0.1, 0.15) is 5.75 Å². The van der Waals surface area contributed by atoms with Crippen LogP contribution in [-0.4, -0.2) is 29.8 Å². The normalized spacial score (nSPS) is 23.7. The minimum atomic E-state index is -0.138. The van der Waals surface area contributed by atoms with E-state index in [0.29, 0.717) is 12.2 Å². The summed E-state index contributed by atoms with van der Waals surface area (Å²) in [5, 5.41) is 12.6. The summed E-state index contributed by atoms with van der Waals surface area (Å²) in [5.74, 6) is 0.00407. The highest BCUT2D eigenvalue weighted by Crippen LogP contribution is 2.21. The fourth-order valence-electron chi connectivity index (χ4n) is 2.05. The molecule has 1 aromatic rings. The zero-order valence-electron chi connectivity index (χ0n) is 10.1. The molecule has 1 fully saturated rings. The minimum Gasteiger partial charge on any atom is -0.507 e. The second-order valence-electron chi connectivity index (χ2n) is 4.54. The number of amides is 1. The molecule has 0 bridgehead atoms. The highest BCUT2D eigenvalue weighted by atomic mass is 127. The lowest BCUT2D eigenvalue weighted by Crippen LogP contribution is -2.41. The summed E-state index contributed by atoms with van der Waals surface area (Å²) in [6.45, 7) is 2.69. The number of carbonyl (C=O) groups is 1. The molecule has 1 aliphatic rings. The monoisotopic (exact) mass is 361 g/mol. The van der Waals surface area contributed by atoms with Crippen molar-refractivity contribution >= 4 is 28.5 Å². The Hall–Kier alpha value is -0.820. The third-order valence-electron chi connectivity index (χ3n) is 3.03. The lowest BCUT2D eigenvalue weighted by Gasteiger charge is -2.27. The Kier molecular flexibility index (Phi) is 4.45. The molecule has 18 heavy (non-hydrogen) atoms. The molecule has 0 saturated carbocycles. The molecule has 1 heterocycles. The summed E-state index contributed by atoms with van der Waals surface area (Å²) in [6.07, 6.45) is 1.86. The van der Waals surface area contributed by atoms with Crippen molar-refractivity contribution in [1.82, 2.24) is 5.32 Å². The molecule has 1 aliphatic heterocycles. The predicted octanol–water partition coefficient (Wildman–Crippen LogP) is 2.29. The maximum Gasteiger partial charge on any atom is 0.251 e. The fraction of sp³-hybridized carbons (Fsp3) is 0.462. The van der Waals surface area contributed by atoms with E-state index in [1.165, 1.54) is 6.07 Å². The second kappa shape index (κ2) is 5.88. The average molecular weight is 361 g/mol. The summed E-state index contributed by atoms with van der Waals surface area (Å²) >= 11 is 2.02. The topological polar surface area (TPSA) is 58.6 Å². The van der Waals surface area contributed by atoms with E-state index in [1.54, 1.807) is 12.1 Å². The number of benzene rings is 1. The van der Waals surface area contributed by atoms with Crippen LogP contribution in [0.2, 0.25) is 0 Å². The number of halogens is 1. The summed E-state index contributed by atoms with van der Waals surface area (Å²) < 4.78 is 6.18. The first-order chi connectivity index (χ1) is 8.56. The summed E-state index contributed by atoms with van der Waals surface area (Å²) in [7, 11) is 0. The van der Waals surface area contributed by atoms with Crippen LogP contribution in [0.3, 0.4) is 0 Å². The number of hydrogen-bond acceptors (Lipinski definition) is 3. The molecular weight excluding hydrogens is 345 g/mol. The van der Waals surface area contributed by atoms with Gasteiger partial charge in [-0.2, -0.15) is 0 Å². The molecule has 0 spiro atoms. The highest BCUT2D eigenvalue weighted by Gasteiger charge is 2.21. The van der Waals surface area contributed by atoms with E-state index in [1.807, 2.05) is 29.5 Å². The number of rotatable bonds is 2. The Labute approximate surface area is 120 Å². The zero-order valence-corrected chi connectivity index (χ0v) is 12.3. The van der Waals surface area contributed by atoms with Crippen molar-refractivity contribution in [3.05, 3.63) is 27.3 Å². The Bertz CT molecular complexity index is 450. The van der Waals surface area contributed by atoms with Crippen molar-refractivity contribution < 1.29 is 14.6 Å². The number of ether oxygens (including phenoxy) is 1. The molecule has 0 radical (unpaired) electrons. The molecule has 1 aromatic carbocycles. The standard InChI is InChI=1S/C13H16INO3/c1-8-6-10(4-5-18-8)15-13(17)9-2-3-11(14)12(16)7-9/h2-3,7-8,10,16H,4-6H2,1H3,(H,15,17). The first kappa shape index (κ1) is 13.6. The van der Waals surface area contributed by atoms with Crippen LogP contribution in [0.15, 0.2) is 18.2 Å². The first-order valence-electron chi connectivity index (χ1n) is 5.97. The Morgan fingerprint density at radius 2 is 2.33 bits per heavy atom. The lowest BCUT2D eigenvalue weighted by atomic mass is 10.0. The molecule has 0 aliphatic carbocycles. The van der Waals surface area contributed by atoms with Gasteiger partial charge < -0.3 is 15.2 Å². The van der Waals surface area contributed by atoms with Crippen molar-refractivity contribution in [1.29, 1.82) is 0 Å². The van der Waals surface area contributed by atoms with Crippen molar-refractivity contribution in [2.75, 3.05) is 6.61 Å². The Morgan fingerprint density at radius 3 is 3.00 bits per heavy atom. The average Bonchev–Trinajstić information content (AvgIpc) is 2.32. The predicted molar refractivity (Wildman–Crippen MR) is 76.7 cm³/mol. The van der Waals surface area contributed by atoms with E-state index in [-0.39, 0.29) is 23.8 Å². The molecular formula is C13H16INO3. The highest BCUT2D eigenvalue weighted by molar-refractivity contribution is 14.1. The van der Waals surface area contributed by atoms with E-state index >= 15 is 0 Å². The molecule has 0 aromatic heterocycles. The lowest BCUT2D eigenvalue weighted by molar-refractivity contribution is 0.0136. The van der Waals surface area contributed by atoms with Gasteiger partial charge in [-0.25, -0.2) is 0 Å². The van der Waals surface area contributed by atoms with Crippen LogP contribution in [-0.2, 0) is 4.74 Å². The van der Waals surface area contributed by atoms with Gasteiger partial charge in [0.15, 0.2) is 0 Å². The zero-order chi connectivity index (χ0) is 13.1. The first-order valence-corrected chi connectivity index (χ1v) is 7.05. The SMILES string of the molecule is CC1CC(NC(=O)c2ccc(I)c(O)c2)CCO1. The van der Waals surface area contributed by atoms with Crippen LogP contribution in [0.1, 0.15) is 30.1 Å². The maximum atomic E-state index is 12.0. The molecule has 2 N–H and O–H groups in total. The van der Waals surface area contributed by atoms with E-state index < -0.39 is 0 Å². The van der Waals surface area contributed by atoms with Crippen LogP contribution in [0.5, 0.6) is 5.75 Å². The van der Waals surface area contributed by atoms with E-state index in [9.17, 15) is 9.90 Å². The molecule has 1 saturated heterocycles. The third kappa shape index (κ3) is 3.35. The molecule has 5 heteroatoms. The molecule has 1 amide bonds. The van der Waals surface area contributed by atoms with E-state index in [2.05, 4.69) is 5.32 Å². The third-order valence-corrected chi connectivity index (χ3v) is 3.94. The van der Waals surface area contributed by atoms with Crippen LogP contribution in [0, 0.1) is 3.57 Å². The quantitative estimate of drug-likeness (QED) is 0.795. The van der Waals surface area contributed by atoms with Gasteiger partial charge in [-0.1, -0.05) is 0 Å². The van der Waals surface area contributed by atoms with Crippen LogP contribution < -0.4 is 5.32 Å². The molecule has 2 unspecified atom stereocenters. The molecule has 98 valence electrons. The van der Waals surface area contributed by atoms with Crippen molar-refractivity contribution in [3.8, 4) is 5.75 Å². The number of nitrogens with one attached hydrogen (secondary N) is 1. The largest absolute Gasteiger partial charge is 0.507 e. The number of phenolic OH excluding ortho intramolecular Hbond substituents is 1. The molecule has 2 rings (SSSR count). The second-order valence-corrected chi connectivity index (χ2v) is 5.70. The number of phenols is 1. The molecule has 4 nitrogen and oxygen atoms in total. The smallest absolute Gasteiger partial charge is 0.251 e. The Morgan fingerprint density at radius 1 is 1.56 bits per heavy atom. The van der Waals surface area contributed by atoms with Gasteiger partial charge in [0.25, 0.3) is 5.91 Å². The van der Waals surface area contributed by atoms with Crippen molar-refractivity contribution in [2.24, 2.45) is 0 Å². The van der Waals surface area contributed by atoms with Gasteiger partial charge in [0.05, 0.1) is 9.67 Å². The van der Waals surface area contributed by atoms with Gasteiger partial charge in [-0.05, 0) is 60.6 Å². The molecule has 2 atom stereocenters. The summed E-state index contributed by atoms with van der Waals surface area (Å²) in [6, 6.07) is 5.11. The van der Waals surface area contributed by atoms with Gasteiger partial charge in [-0.15, -0.1) is 0 Å².